The third-order valence-electron chi connectivity index (χ3n) is 4.01. The van der Waals surface area contributed by atoms with Crippen molar-refractivity contribution in [2.45, 2.75) is 20.4 Å². The van der Waals surface area contributed by atoms with Crippen molar-refractivity contribution in [1.29, 1.82) is 0 Å². The van der Waals surface area contributed by atoms with Crippen molar-refractivity contribution < 1.29 is 0 Å². The summed E-state index contributed by atoms with van der Waals surface area (Å²) in [5.41, 5.74) is 5.99. The second-order valence-corrected chi connectivity index (χ2v) is 5.33. The topological polar surface area (TPSA) is 34.8 Å². The number of hydrogen-bond acceptors (Lipinski definition) is 2. The van der Waals surface area contributed by atoms with Gasteiger partial charge in [0.05, 0.1) is 5.69 Å². The summed E-state index contributed by atoms with van der Waals surface area (Å²) >= 11 is 0. The number of hydrogen-bond donors (Lipinski definition) is 1. The van der Waals surface area contributed by atoms with Crippen LogP contribution in [0.25, 0.3) is 10.9 Å². The molecule has 0 aliphatic rings. The average molecular weight is 268 g/mol. The van der Waals surface area contributed by atoms with E-state index in [-0.39, 0.29) is 0 Å². The number of nitrogens with zero attached hydrogens (tertiary/aromatic N) is 3. The van der Waals surface area contributed by atoms with Gasteiger partial charge in [0.25, 0.3) is 0 Å². The molecule has 3 rings (SSSR count). The van der Waals surface area contributed by atoms with Crippen LogP contribution in [0.3, 0.4) is 0 Å². The van der Waals surface area contributed by atoms with Crippen molar-refractivity contribution in [3.63, 3.8) is 0 Å². The Labute approximate surface area is 119 Å². The van der Waals surface area contributed by atoms with Gasteiger partial charge >= 0.3 is 0 Å². The fourth-order valence-corrected chi connectivity index (χ4v) is 2.66. The van der Waals surface area contributed by atoms with Gasteiger partial charge in [-0.25, -0.2) is 0 Å². The normalized spacial score (nSPS) is 11.2. The third kappa shape index (κ3) is 2.07. The van der Waals surface area contributed by atoms with Crippen molar-refractivity contribution in [2.75, 3.05) is 5.32 Å². The summed E-state index contributed by atoms with van der Waals surface area (Å²) in [6, 6.07) is 8.61. The number of aryl methyl sites for hydroxylation is 3. The molecule has 0 bridgehead atoms. The number of fused-ring (bicyclic) bond motifs is 1. The molecular weight excluding hydrogens is 248 g/mol. The van der Waals surface area contributed by atoms with Crippen molar-refractivity contribution in [3.8, 4) is 0 Å². The van der Waals surface area contributed by atoms with Gasteiger partial charge in [-0.1, -0.05) is 0 Å². The van der Waals surface area contributed by atoms with E-state index in [1.54, 1.807) is 0 Å². The number of nitrogens with one attached hydrogen (secondary N) is 1. The number of rotatable bonds is 3. The lowest BCUT2D eigenvalue weighted by Gasteiger charge is -2.07. The second-order valence-electron chi connectivity index (χ2n) is 5.33. The number of anilines is 1. The Balaban J connectivity index is 1.83. The van der Waals surface area contributed by atoms with E-state index in [0.717, 1.165) is 17.9 Å². The van der Waals surface area contributed by atoms with E-state index in [1.165, 1.54) is 22.2 Å². The first-order valence-corrected chi connectivity index (χ1v) is 6.84. The monoisotopic (exact) mass is 268 g/mol. The molecule has 0 radical (unpaired) electrons. The van der Waals surface area contributed by atoms with Crippen LogP contribution in [0.4, 0.5) is 5.69 Å². The maximum absolute atomic E-state index is 4.45. The van der Waals surface area contributed by atoms with Crippen LogP contribution in [-0.2, 0) is 20.6 Å². The highest BCUT2D eigenvalue weighted by molar-refractivity contribution is 5.83. The first-order valence-electron chi connectivity index (χ1n) is 6.84. The van der Waals surface area contributed by atoms with Gasteiger partial charge in [-0.05, 0) is 38.1 Å². The molecular formula is C16H20N4. The highest BCUT2D eigenvalue weighted by atomic mass is 15.3. The quantitative estimate of drug-likeness (QED) is 0.792. The molecule has 0 saturated heterocycles. The van der Waals surface area contributed by atoms with Crippen LogP contribution in [-0.4, -0.2) is 14.3 Å². The molecule has 0 unspecified atom stereocenters. The molecule has 0 aliphatic heterocycles. The molecule has 104 valence electrons. The smallest absolute Gasteiger partial charge is 0.0646 e. The summed E-state index contributed by atoms with van der Waals surface area (Å²) in [6.45, 7) is 4.98. The lowest BCUT2D eigenvalue weighted by molar-refractivity contribution is 0.730. The molecule has 0 amide bonds. The molecule has 0 atom stereocenters. The molecule has 0 saturated carbocycles. The van der Waals surface area contributed by atoms with Gasteiger partial charge in [0, 0.05) is 54.7 Å². The van der Waals surface area contributed by atoms with Crippen molar-refractivity contribution in [1.82, 2.24) is 14.3 Å². The molecule has 20 heavy (non-hydrogen) atoms. The van der Waals surface area contributed by atoms with Crippen molar-refractivity contribution in [3.05, 3.63) is 47.4 Å². The summed E-state index contributed by atoms with van der Waals surface area (Å²) in [6.07, 6.45) is 2.09. The zero-order valence-corrected chi connectivity index (χ0v) is 12.4. The number of benzene rings is 1. The van der Waals surface area contributed by atoms with E-state index in [4.69, 9.17) is 0 Å². The molecule has 0 aliphatic carbocycles. The van der Waals surface area contributed by atoms with E-state index in [0.29, 0.717) is 0 Å². The summed E-state index contributed by atoms with van der Waals surface area (Å²) < 4.78 is 4.07. The van der Waals surface area contributed by atoms with E-state index < -0.39 is 0 Å². The predicted octanol–water partition coefficient (Wildman–Crippen LogP) is 3.14. The summed E-state index contributed by atoms with van der Waals surface area (Å²) in [7, 11) is 4.06. The molecule has 1 aromatic carbocycles. The minimum Gasteiger partial charge on any atom is -0.381 e. The Morgan fingerprint density at radius 2 is 1.95 bits per heavy atom. The molecule has 1 N–H and O–H groups in total. The van der Waals surface area contributed by atoms with Gasteiger partial charge < -0.3 is 9.88 Å². The summed E-state index contributed by atoms with van der Waals surface area (Å²) in [5.74, 6) is 0. The highest BCUT2D eigenvalue weighted by Crippen LogP contribution is 2.21. The zero-order chi connectivity index (χ0) is 14.3. The minimum atomic E-state index is 0.809. The standard InChI is InChI=1S/C16H20N4/c1-11-15(12(2)20(4)18-11)10-17-14-5-6-16-13(9-14)7-8-19(16)3/h5-9,17H,10H2,1-4H3. The van der Waals surface area contributed by atoms with E-state index >= 15 is 0 Å². The largest absolute Gasteiger partial charge is 0.381 e. The average Bonchev–Trinajstić information content (AvgIpc) is 2.90. The minimum absolute atomic E-state index is 0.809. The molecule has 4 nitrogen and oxygen atoms in total. The Morgan fingerprint density at radius 1 is 1.15 bits per heavy atom. The maximum Gasteiger partial charge on any atom is 0.0646 e. The molecule has 2 aromatic heterocycles. The van der Waals surface area contributed by atoms with E-state index in [9.17, 15) is 0 Å². The van der Waals surface area contributed by atoms with Gasteiger partial charge in [-0.15, -0.1) is 0 Å². The van der Waals surface area contributed by atoms with Gasteiger partial charge in [-0.3, -0.25) is 4.68 Å². The lowest BCUT2D eigenvalue weighted by atomic mass is 10.2. The second kappa shape index (κ2) is 4.71. The Kier molecular flexibility index (Phi) is 3.01. The Hall–Kier alpha value is -2.23. The van der Waals surface area contributed by atoms with Gasteiger partial charge in [0.15, 0.2) is 0 Å². The molecule has 0 spiro atoms. The summed E-state index contributed by atoms with van der Waals surface area (Å²) in [4.78, 5) is 0. The van der Waals surface area contributed by atoms with Crippen LogP contribution >= 0.6 is 0 Å². The van der Waals surface area contributed by atoms with Gasteiger partial charge in [0.1, 0.15) is 0 Å². The van der Waals surface area contributed by atoms with Crippen molar-refractivity contribution >= 4 is 16.6 Å². The van der Waals surface area contributed by atoms with Crippen LogP contribution < -0.4 is 5.32 Å². The van der Waals surface area contributed by atoms with Crippen molar-refractivity contribution in [2.24, 2.45) is 14.1 Å². The Bertz CT molecular complexity index is 764. The van der Waals surface area contributed by atoms with Crippen LogP contribution in [0, 0.1) is 13.8 Å². The third-order valence-corrected chi connectivity index (χ3v) is 4.01. The maximum atomic E-state index is 4.45. The zero-order valence-electron chi connectivity index (χ0n) is 12.4. The van der Waals surface area contributed by atoms with E-state index in [2.05, 4.69) is 66.3 Å². The molecule has 3 aromatic rings. The van der Waals surface area contributed by atoms with Crippen LogP contribution in [0.2, 0.25) is 0 Å². The van der Waals surface area contributed by atoms with Crippen LogP contribution in [0.5, 0.6) is 0 Å². The first kappa shape index (κ1) is 12.8. The Morgan fingerprint density at radius 3 is 2.65 bits per heavy atom. The summed E-state index contributed by atoms with van der Waals surface area (Å²) in [5, 5.41) is 9.21. The highest BCUT2D eigenvalue weighted by Gasteiger charge is 2.09. The van der Waals surface area contributed by atoms with Crippen LogP contribution in [0.1, 0.15) is 17.0 Å². The fourth-order valence-electron chi connectivity index (χ4n) is 2.66. The number of aromatic nitrogens is 3. The SMILES string of the molecule is Cc1nn(C)c(C)c1CNc1ccc2c(ccn2C)c1. The van der Waals surface area contributed by atoms with Crippen LogP contribution in [0.15, 0.2) is 30.5 Å². The van der Waals surface area contributed by atoms with Gasteiger partial charge in [-0.2, -0.15) is 5.10 Å². The first-order chi connectivity index (χ1) is 9.56. The fraction of sp³-hybridized carbons (Fsp3) is 0.312. The molecule has 2 heterocycles. The molecule has 0 fully saturated rings. The molecule has 4 heteroatoms. The van der Waals surface area contributed by atoms with E-state index in [1.807, 2.05) is 11.7 Å². The predicted molar refractivity (Wildman–Crippen MR) is 82.9 cm³/mol. The lowest BCUT2D eigenvalue weighted by Crippen LogP contribution is -2.02. The van der Waals surface area contributed by atoms with Gasteiger partial charge in [0.2, 0.25) is 0 Å².